The third-order valence-electron chi connectivity index (χ3n) is 2.81. The van der Waals surface area contributed by atoms with Crippen LogP contribution in [-0.4, -0.2) is 22.0 Å². The number of benzene rings is 1. The fraction of sp³-hybridized carbons (Fsp3) is 0.286. The second-order valence-corrected chi connectivity index (χ2v) is 5.88. The number of carbonyl (C=O) groups excluding carboxylic acids is 1. The van der Waals surface area contributed by atoms with Gasteiger partial charge in [0.2, 0.25) is 5.91 Å². The van der Waals surface area contributed by atoms with Crippen molar-refractivity contribution in [1.82, 2.24) is 10.3 Å². The first-order chi connectivity index (χ1) is 9.54. The topological polar surface area (TPSA) is 88.2 Å². The van der Waals surface area contributed by atoms with Gasteiger partial charge in [-0.05, 0) is 31.0 Å². The van der Waals surface area contributed by atoms with Crippen LogP contribution in [0.4, 0.5) is 0 Å². The quantitative estimate of drug-likeness (QED) is 0.775. The van der Waals surface area contributed by atoms with E-state index >= 15 is 0 Å². The lowest BCUT2D eigenvalue weighted by molar-refractivity contribution is -0.122. The van der Waals surface area contributed by atoms with Gasteiger partial charge in [-0.1, -0.05) is 12.1 Å². The molecule has 0 radical (unpaired) electrons. The second kappa shape index (κ2) is 6.49. The predicted octanol–water partition coefficient (Wildman–Crippen LogP) is 1.34. The summed E-state index contributed by atoms with van der Waals surface area (Å²) in [5.74, 6) is -0.00293. The van der Waals surface area contributed by atoms with Crippen molar-refractivity contribution in [3.8, 4) is 5.75 Å². The van der Waals surface area contributed by atoms with Gasteiger partial charge in [0.15, 0.2) is 0 Å². The van der Waals surface area contributed by atoms with E-state index in [2.05, 4.69) is 10.3 Å². The molecule has 0 bridgehead atoms. The Kier molecular flexibility index (Phi) is 4.70. The number of amides is 1. The number of hydrogen-bond acceptors (Lipinski definition) is 5. The van der Waals surface area contributed by atoms with Crippen LogP contribution in [0.1, 0.15) is 15.4 Å². The molecule has 0 spiro atoms. The zero-order valence-electron chi connectivity index (χ0n) is 11.2. The van der Waals surface area contributed by atoms with Gasteiger partial charge in [-0.3, -0.25) is 4.79 Å². The summed E-state index contributed by atoms with van der Waals surface area (Å²) in [5.41, 5.74) is 6.78. The largest absolute Gasteiger partial charge is 0.508 e. The Bertz CT molecular complexity index is 580. The summed E-state index contributed by atoms with van der Waals surface area (Å²) in [7, 11) is 0. The maximum absolute atomic E-state index is 11.9. The van der Waals surface area contributed by atoms with Crippen molar-refractivity contribution in [2.24, 2.45) is 5.73 Å². The molecule has 0 saturated carbocycles. The maximum atomic E-state index is 11.9. The van der Waals surface area contributed by atoms with Crippen molar-refractivity contribution in [1.29, 1.82) is 0 Å². The van der Waals surface area contributed by atoms with E-state index in [0.29, 0.717) is 13.0 Å². The van der Waals surface area contributed by atoms with Gasteiger partial charge in [-0.2, -0.15) is 0 Å². The lowest BCUT2D eigenvalue weighted by Gasteiger charge is -2.11. The summed E-state index contributed by atoms with van der Waals surface area (Å²) >= 11 is 1.55. The van der Waals surface area contributed by atoms with Crippen molar-refractivity contribution >= 4 is 17.2 Å². The average molecular weight is 291 g/mol. The van der Waals surface area contributed by atoms with Crippen LogP contribution in [0.5, 0.6) is 5.75 Å². The van der Waals surface area contributed by atoms with Crippen molar-refractivity contribution in [2.75, 3.05) is 0 Å². The van der Waals surface area contributed by atoms with E-state index in [4.69, 9.17) is 5.73 Å². The number of nitrogens with one attached hydrogen (secondary N) is 1. The Labute approximate surface area is 121 Å². The van der Waals surface area contributed by atoms with Crippen molar-refractivity contribution in [3.63, 3.8) is 0 Å². The molecule has 2 aromatic rings. The molecule has 5 nitrogen and oxygen atoms in total. The molecule has 1 amide bonds. The third-order valence-corrected chi connectivity index (χ3v) is 3.72. The lowest BCUT2D eigenvalue weighted by Crippen LogP contribution is -2.41. The summed E-state index contributed by atoms with van der Waals surface area (Å²) in [6.07, 6.45) is 2.21. The van der Waals surface area contributed by atoms with Gasteiger partial charge in [0.25, 0.3) is 0 Å². The molecular weight excluding hydrogens is 274 g/mol. The number of aromatic hydroxyl groups is 1. The fourth-order valence-electron chi connectivity index (χ4n) is 1.76. The van der Waals surface area contributed by atoms with Crippen LogP contribution in [0.15, 0.2) is 30.5 Å². The van der Waals surface area contributed by atoms with Crippen LogP contribution in [0.2, 0.25) is 0 Å². The minimum atomic E-state index is -0.611. The number of phenols is 1. The first-order valence-electron chi connectivity index (χ1n) is 6.27. The Morgan fingerprint density at radius 3 is 2.75 bits per heavy atom. The number of aryl methyl sites for hydroxylation is 1. The van der Waals surface area contributed by atoms with E-state index < -0.39 is 6.04 Å². The highest BCUT2D eigenvalue weighted by Gasteiger charge is 2.14. The normalized spacial score (nSPS) is 12.1. The summed E-state index contributed by atoms with van der Waals surface area (Å²) in [4.78, 5) is 17.2. The molecule has 0 saturated heterocycles. The van der Waals surface area contributed by atoms with E-state index in [0.717, 1.165) is 15.4 Å². The number of carbonyl (C=O) groups is 1. The third kappa shape index (κ3) is 4.04. The first kappa shape index (κ1) is 14.5. The monoisotopic (exact) mass is 291 g/mol. The lowest BCUT2D eigenvalue weighted by atomic mass is 10.1. The summed E-state index contributed by atoms with van der Waals surface area (Å²) in [6, 6.07) is 6.07. The number of hydrogen-bond donors (Lipinski definition) is 3. The van der Waals surface area contributed by atoms with Crippen LogP contribution in [0.25, 0.3) is 0 Å². The first-order valence-corrected chi connectivity index (χ1v) is 7.09. The smallest absolute Gasteiger partial charge is 0.237 e. The molecule has 0 aliphatic heterocycles. The highest BCUT2D eigenvalue weighted by atomic mass is 32.1. The van der Waals surface area contributed by atoms with Gasteiger partial charge >= 0.3 is 0 Å². The zero-order chi connectivity index (χ0) is 14.5. The van der Waals surface area contributed by atoms with Gasteiger partial charge < -0.3 is 16.2 Å². The number of aromatic nitrogens is 1. The maximum Gasteiger partial charge on any atom is 0.237 e. The van der Waals surface area contributed by atoms with E-state index in [-0.39, 0.29) is 11.7 Å². The minimum absolute atomic E-state index is 0.200. The molecular formula is C14H17N3O2S. The number of rotatable bonds is 5. The Balaban J connectivity index is 1.84. The zero-order valence-corrected chi connectivity index (χ0v) is 12.0. The summed E-state index contributed by atoms with van der Waals surface area (Å²) in [5, 5.41) is 12.8. The Morgan fingerprint density at radius 1 is 1.45 bits per heavy atom. The van der Waals surface area contributed by atoms with Gasteiger partial charge in [0.1, 0.15) is 10.8 Å². The second-order valence-electron chi connectivity index (χ2n) is 4.56. The highest BCUT2D eigenvalue weighted by Crippen LogP contribution is 2.12. The molecule has 6 heteroatoms. The van der Waals surface area contributed by atoms with Crippen molar-refractivity contribution in [2.45, 2.75) is 25.9 Å². The number of nitrogens with zero attached hydrogens (tertiary/aromatic N) is 1. The van der Waals surface area contributed by atoms with Gasteiger partial charge in [-0.15, -0.1) is 11.3 Å². The molecule has 1 atom stereocenters. The van der Waals surface area contributed by atoms with E-state index in [1.54, 1.807) is 41.8 Å². The standard InChI is InChI=1S/C14H17N3O2S/c1-9-7-16-13(20-9)8-17-14(19)12(15)6-10-2-4-11(18)5-3-10/h2-5,7,12,18H,6,8,15H2,1H3,(H,17,19)/t12-/m0/s1. The van der Waals surface area contributed by atoms with Crippen molar-refractivity contribution in [3.05, 3.63) is 45.9 Å². The van der Waals surface area contributed by atoms with Crippen molar-refractivity contribution < 1.29 is 9.90 Å². The average Bonchev–Trinajstić information content (AvgIpc) is 2.84. The molecule has 0 fully saturated rings. The minimum Gasteiger partial charge on any atom is -0.508 e. The van der Waals surface area contributed by atoms with Gasteiger partial charge in [0.05, 0.1) is 12.6 Å². The molecule has 0 aliphatic rings. The van der Waals surface area contributed by atoms with Crippen LogP contribution in [0, 0.1) is 6.92 Å². The molecule has 4 N–H and O–H groups in total. The van der Waals surface area contributed by atoms with Crippen LogP contribution in [0.3, 0.4) is 0 Å². The molecule has 20 heavy (non-hydrogen) atoms. The predicted molar refractivity (Wildman–Crippen MR) is 78.5 cm³/mol. The molecule has 1 heterocycles. The Hall–Kier alpha value is -1.92. The van der Waals surface area contributed by atoms with E-state index in [9.17, 15) is 9.90 Å². The molecule has 2 rings (SSSR count). The highest BCUT2D eigenvalue weighted by molar-refractivity contribution is 7.11. The summed E-state index contributed by atoms with van der Waals surface area (Å²) < 4.78 is 0. The number of nitrogens with two attached hydrogens (primary N) is 1. The van der Waals surface area contributed by atoms with E-state index in [1.165, 1.54) is 0 Å². The van der Waals surface area contributed by atoms with Crippen LogP contribution >= 0.6 is 11.3 Å². The molecule has 0 unspecified atom stereocenters. The molecule has 0 aliphatic carbocycles. The van der Waals surface area contributed by atoms with E-state index in [1.807, 2.05) is 6.92 Å². The molecule has 1 aromatic carbocycles. The fourth-order valence-corrected chi connectivity index (χ4v) is 2.48. The summed E-state index contributed by atoms with van der Waals surface area (Å²) in [6.45, 7) is 2.38. The molecule has 1 aromatic heterocycles. The van der Waals surface area contributed by atoms with Gasteiger partial charge in [0, 0.05) is 11.1 Å². The van der Waals surface area contributed by atoms with Crippen LogP contribution in [-0.2, 0) is 17.8 Å². The van der Waals surface area contributed by atoms with Crippen LogP contribution < -0.4 is 11.1 Å². The number of thiazole rings is 1. The molecule has 106 valence electrons. The Morgan fingerprint density at radius 2 is 2.15 bits per heavy atom. The SMILES string of the molecule is Cc1cnc(CNC(=O)[C@@H](N)Cc2ccc(O)cc2)s1. The van der Waals surface area contributed by atoms with Gasteiger partial charge in [-0.25, -0.2) is 4.98 Å². The number of phenolic OH excluding ortho intramolecular Hbond substituents is 1.